The van der Waals surface area contributed by atoms with E-state index in [-0.39, 0.29) is 18.2 Å². The summed E-state index contributed by atoms with van der Waals surface area (Å²) in [5, 5.41) is 9.20. The zero-order valence-electron chi connectivity index (χ0n) is 11.2. The summed E-state index contributed by atoms with van der Waals surface area (Å²) in [5.41, 5.74) is 6.25. The number of rotatable bonds is 6. The van der Waals surface area contributed by atoms with Crippen molar-refractivity contribution in [2.45, 2.75) is 24.5 Å². The van der Waals surface area contributed by atoms with Crippen molar-refractivity contribution in [3.05, 3.63) is 24.0 Å². The molecule has 0 aliphatic heterocycles. The number of carboxylic acids is 1. The second-order valence-electron chi connectivity index (χ2n) is 4.60. The van der Waals surface area contributed by atoms with Gasteiger partial charge in [-0.3, -0.25) is 9.59 Å². The molecule has 0 spiro atoms. The van der Waals surface area contributed by atoms with Crippen molar-refractivity contribution in [2.24, 2.45) is 5.73 Å². The number of fused-ring (bicyclic) bond motifs is 1. The van der Waals surface area contributed by atoms with Crippen molar-refractivity contribution >= 4 is 34.7 Å². The summed E-state index contributed by atoms with van der Waals surface area (Å²) < 4.78 is 15.1. The van der Waals surface area contributed by atoms with Crippen molar-refractivity contribution < 1.29 is 19.1 Å². The zero-order chi connectivity index (χ0) is 15.6. The Morgan fingerprint density at radius 1 is 1.52 bits per heavy atom. The van der Waals surface area contributed by atoms with Gasteiger partial charge in [0.05, 0.1) is 16.8 Å². The highest BCUT2D eigenvalue weighted by molar-refractivity contribution is 7.99. The number of amides is 1. The van der Waals surface area contributed by atoms with Gasteiger partial charge in [0.25, 0.3) is 0 Å². The fourth-order valence-electron chi connectivity index (χ4n) is 2.08. The number of primary amides is 1. The SMILES string of the molecule is CC(CC(N)=O)n1c(SCC(=O)O)nc2ccc(F)cc21. The first-order valence-electron chi connectivity index (χ1n) is 6.19. The molecule has 1 heterocycles. The van der Waals surface area contributed by atoms with Crippen LogP contribution >= 0.6 is 11.8 Å². The number of halogens is 1. The lowest BCUT2D eigenvalue weighted by Gasteiger charge is -2.15. The van der Waals surface area contributed by atoms with Gasteiger partial charge >= 0.3 is 5.97 Å². The van der Waals surface area contributed by atoms with Crippen LogP contribution in [0.3, 0.4) is 0 Å². The van der Waals surface area contributed by atoms with Crippen LogP contribution in [-0.4, -0.2) is 32.3 Å². The number of imidazole rings is 1. The van der Waals surface area contributed by atoms with Crippen LogP contribution < -0.4 is 5.73 Å². The van der Waals surface area contributed by atoms with Crippen LogP contribution in [0.15, 0.2) is 23.4 Å². The number of carbonyl (C=O) groups excluding carboxylic acids is 1. The van der Waals surface area contributed by atoms with Gasteiger partial charge < -0.3 is 15.4 Å². The molecule has 0 radical (unpaired) electrons. The number of nitrogens with two attached hydrogens (primary N) is 1. The van der Waals surface area contributed by atoms with E-state index in [1.165, 1.54) is 18.2 Å². The lowest BCUT2D eigenvalue weighted by atomic mass is 10.2. The van der Waals surface area contributed by atoms with Gasteiger partial charge in [0.15, 0.2) is 5.16 Å². The second-order valence-corrected chi connectivity index (χ2v) is 5.54. The molecule has 112 valence electrons. The molecular formula is C13H14FN3O3S. The lowest BCUT2D eigenvalue weighted by molar-refractivity contribution is -0.134. The predicted octanol–water partition coefficient (Wildman–Crippen LogP) is 1.79. The summed E-state index contributed by atoms with van der Waals surface area (Å²) in [6, 6.07) is 3.77. The van der Waals surface area contributed by atoms with Crippen LogP contribution in [0, 0.1) is 5.82 Å². The molecule has 0 aliphatic rings. The van der Waals surface area contributed by atoms with Crippen LogP contribution in [0.2, 0.25) is 0 Å². The first kappa shape index (κ1) is 15.3. The Bertz CT molecular complexity index is 701. The van der Waals surface area contributed by atoms with Gasteiger partial charge in [-0.2, -0.15) is 0 Å². The molecule has 2 aromatic rings. The molecule has 0 aliphatic carbocycles. The maximum atomic E-state index is 13.4. The smallest absolute Gasteiger partial charge is 0.313 e. The van der Waals surface area contributed by atoms with Crippen molar-refractivity contribution in [1.82, 2.24) is 9.55 Å². The maximum Gasteiger partial charge on any atom is 0.313 e. The Morgan fingerprint density at radius 3 is 2.86 bits per heavy atom. The quantitative estimate of drug-likeness (QED) is 0.793. The monoisotopic (exact) mass is 311 g/mol. The van der Waals surface area contributed by atoms with E-state index in [2.05, 4.69) is 4.98 Å². The fourth-order valence-corrected chi connectivity index (χ4v) is 2.91. The molecule has 21 heavy (non-hydrogen) atoms. The summed E-state index contributed by atoms with van der Waals surface area (Å²) in [6.45, 7) is 1.75. The molecule has 2 rings (SSSR count). The highest BCUT2D eigenvalue weighted by Gasteiger charge is 2.19. The van der Waals surface area contributed by atoms with E-state index in [9.17, 15) is 14.0 Å². The van der Waals surface area contributed by atoms with Crippen molar-refractivity contribution in [3.8, 4) is 0 Å². The van der Waals surface area contributed by atoms with Crippen LogP contribution in [0.4, 0.5) is 4.39 Å². The summed E-state index contributed by atoms with van der Waals surface area (Å²) in [5.74, 6) is -2.07. The molecule has 0 saturated heterocycles. The minimum absolute atomic E-state index is 0.0581. The molecule has 1 atom stereocenters. The van der Waals surface area contributed by atoms with Gasteiger partial charge in [0, 0.05) is 12.5 Å². The number of carboxylic acid groups (broad SMARTS) is 1. The van der Waals surface area contributed by atoms with Crippen molar-refractivity contribution in [3.63, 3.8) is 0 Å². The van der Waals surface area contributed by atoms with Gasteiger partial charge in [-0.15, -0.1) is 0 Å². The molecule has 6 nitrogen and oxygen atoms in total. The van der Waals surface area contributed by atoms with E-state index in [0.29, 0.717) is 16.2 Å². The topological polar surface area (TPSA) is 98.2 Å². The van der Waals surface area contributed by atoms with Gasteiger partial charge in [-0.25, -0.2) is 9.37 Å². The summed E-state index contributed by atoms with van der Waals surface area (Å²) in [7, 11) is 0. The number of carbonyl (C=O) groups is 2. The Morgan fingerprint density at radius 2 is 2.24 bits per heavy atom. The molecule has 1 aromatic heterocycles. The van der Waals surface area contributed by atoms with Gasteiger partial charge in [0.2, 0.25) is 5.91 Å². The van der Waals surface area contributed by atoms with Crippen LogP contribution in [-0.2, 0) is 9.59 Å². The Kier molecular flexibility index (Phi) is 4.46. The summed E-state index contributed by atoms with van der Waals surface area (Å²) >= 11 is 1.02. The number of hydrogen-bond acceptors (Lipinski definition) is 4. The van der Waals surface area contributed by atoms with E-state index < -0.39 is 17.7 Å². The Balaban J connectivity index is 2.49. The number of nitrogens with zero attached hydrogens (tertiary/aromatic N) is 2. The lowest BCUT2D eigenvalue weighted by Crippen LogP contribution is -2.18. The molecule has 3 N–H and O–H groups in total. The van der Waals surface area contributed by atoms with Crippen molar-refractivity contribution in [2.75, 3.05) is 5.75 Å². The molecule has 0 fully saturated rings. The number of thioether (sulfide) groups is 1. The van der Waals surface area contributed by atoms with E-state index in [1.54, 1.807) is 11.5 Å². The van der Waals surface area contributed by atoms with Gasteiger partial charge in [0.1, 0.15) is 5.82 Å². The van der Waals surface area contributed by atoms with E-state index in [1.807, 2.05) is 0 Å². The second kappa shape index (κ2) is 6.13. The maximum absolute atomic E-state index is 13.4. The number of aromatic nitrogens is 2. The summed E-state index contributed by atoms with van der Waals surface area (Å²) in [4.78, 5) is 26.1. The first-order valence-corrected chi connectivity index (χ1v) is 7.17. The standard InChI is InChI=1S/C13H14FN3O3S/c1-7(4-11(15)18)17-10-5-8(14)2-3-9(10)16-13(17)21-6-12(19)20/h2-3,5,7H,4,6H2,1H3,(H2,15,18)(H,19,20). The minimum Gasteiger partial charge on any atom is -0.481 e. The molecular weight excluding hydrogens is 297 g/mol. The predicted molar refractivity (Wildman–Crippen MR) is 76.6 cm³/mol. The minimum atomic E-state index is -0.979. The van der Waals surface area contributed by atoms with Crippen LogP contribution in [0.5, 0.6) is 0 Å². The third kappa shape index (κ3) is 3.52. The fraction of sp³-hybridized carbons (Fsp3) is 0.308. The number of benzene rings is 1. The largest absolute Gasteiger partial charge is 0.481 e. The Labute approximate surface area is 124 Å². The molecule has 1 amide bonds. The van der Waals surface area contributed by atoms with Gasteiger partial charge in [-0.05, 0) is 25.1 Å². The average molecular weight is 311 g/mol. The van der Waals surface area contributed by atoms with Gasteiger partial charge in [-0.1, -0.05) is 11.8 Å². The van der Waals surface area contributed by atoms with E-state index >= 15 is 0 Å². The third-order valence-corrected chi connectivity index (χ3v) is 3.82. The molecule has 1 aromatic carbocycles. The zero-order valence-corrected chi connectivity index (χ0v) is 12.1. The molecule has 8 heteroatoms. The van der Waals surface area contributed by atoms with E-state index in [4.69, 9.17) is 10.8 Å². The van der Waals surface area contributed by atoms with E-state index in [0.717, 1.165) is 11.8 Å². The summed E-state index contributed by atoms with van der Waals surface area (Å²) in [6.07, 6.45) is 0.0581. The molecule has 0 bridgehead atoms. The third-order valence-electron chi connectivity index (χ3n) is 2.88. The van der Waals surface area contributed by atoms with Crippen LogP contribution in [0.25, 0.3) is 11.0 Å². The van der Waals surface area contributed by atoms with Crippen molar-refractivity contribution in [1.29, 1.82) is 0 Å². The van der Waals surface area contributed by atoms with Crippen LogP contribution in [0.1, 0.15) is 19.4 Å². The Hall–Kier alpha value is -2.09. The highest BCUT2D eigenvalue weighted by atomic mass is 32.2. The molecule has 1 unspecified atom stereocenters. The molecule has 0 saturated carbocycles. The first-order chi connectivity index (χ1) is 9.88. The number of aliphatic carboxylic acids is 1. The highest BCUT2D eigenvalue weighted by Crippen LogP contribution is 2.29. The average Bonchev–Trinajstić information content (AvgIpc) is 2.73. The number of hydrogen-bond donors (Lipinski definition) is 2. The normalized spacial score (nSPS) is 12.5.